The van der Waals surface area contributed by atoms with E-state index in [0.29, 0.717) is 12.2 Å². The van der Waals surface area contributed by atoms with Gasteiger partial charge in [0.25, 0.3) is 5.91 Å². The number of rotatable bonds is 3. The number of hydrogen-bond acceptors (Lipinski definition) is 4. The topological polar surface area (TPSA) is 87.0 Å². The van der Waals surface area contributed by atoms with Crippen LogP contribution < -0.4 is 0 Å². The van der Waals surface area contributed by atoms with Gasteiger partial charge in [0.15, 0.2) is 0 Å². The lowest BCUT2D eigenvalue weighted by molar-refractivity contribution is 0.0276. The Morgan fingerprint density at radius 1 is 1.42 bits per heavy atom. The van der Waals surface area contributed by atoms with Crippen molar-refractivity contribution in [1.29, 1.82) is 0 Å². The van der Waals surface area contributed by atoms with Crippen molar-refractivity contribution in [2.24, 2.45) is 7.05 Å². The molecule has 3 heterocycles. The van der Waals surface area contributed by atoms with Gasteiger partial charge >= 0.3 is 0 Å². The highest BCUT2D eigenvalue weighted by Crippen LogP contribution is 2.27. The lowest BCUT2D eigenvalue weighted by Gasteiger charge is -2.37. The molecule has 2 atom stereocenters. The van der Waals surface area contributed by atoms with E-state index in [1.807, 2.05) is 25.6 Å². The Balaban J connectivity index is 1.88. The molecule has 2 aromatic rings. The number of amides is 1. The molecule has 7 heteroatoms. The predicted molar refractivity (Wildman–Crippen MR) is 90.6 cm³/mol. The molecule has 1 aliphatic rings. The fraction of sp³-hybridized carbons (Fsp3) is 0.588. The zero-order chi connectivity index (χ0) is 17.4. The zero-order valence-electron chi connectivity index (χ0n) is 14.7. The van der Waals surface area contributed by atoms with E-state index in [2.05, 4.69) is 15.3 Å². The van der Waals surface area contributed by atoms with Gasteiger partial charge in [-0.1, -0.05) is 0 Å². The van der Waals surface area contributed by atoms with Gasteiger partial charge < -0.3 is 10.0 Å². The van der Waals surface area contributed by atoms with Crippen molar-refractivity contribution in [3.05, 3.63) is 23.1 Å². The molecule has 0 bridgehead atoms. The first-order valence-corrected chi connectivity index (χ1v) is 8.45. The Morgan fingerprint density at radius 2 is 2.17 bits per heavy atom. The molecule has 1 fully saturated rings. The molecule has 0 saturated carbocycles. The number of aromatic amines is 1. The van der Waals surface area contributed by atoms with Gasteiger partial charge in [0.1, 0.15) is 5.69 Å². The highest BCUT2D eigenvalue weighted by molar-refractivity contribution is 5.93. The second-order valence-electron chi connectivity index (χ2n) is 6.64. The van der Waals surface area contributed by atoms with Crippen LogP contribution in [0.5, 0.6) is 0 Å². The number of piperidine rings is 1. The molecule has 7 nitrogen and oxygen atoms in total. The summed E-state index contributed by atoms with van der Waals surface area (Å²) in [5, 5.41) is 21.6. The van der Waals surface area contributed by atoms with E-state index < -0.39 is 6.10 Å². The second kappa shape index (κ2) is 6.39. The van der Waals surface area contributed by atoms with Crippen LogP contribution in [0.25, 0.3) is 11.3 Å². The van der Waals surface area contributed by atoms with Gasteiger partial charge in [-0.3, -0.25) is 14.6 Å². The highest BCUT2D eigenvalue weighted by atomic mass is 16.3. The van der Waals surface area contributed by atoms with Crippen molar-refractivity contribution < 1.29 is 9.90 Å². The number of nitrogens with one attached hydrogen (secondary N) is 1. The predicted octanol–water partition coefficient (Wildman–Crippen LogP) is 1.80. The molecule has 0 spiro atoms. The van der Waals surface area contributed by atoms with Gasteiger partial charge in [-0.05, 0) is 46.1 Å². The maximum absolute atomic E-state index is 12.9. The molecule has 1 amide bonds. The number of aryl methyl sites for hydroxylation is 2. The number of hydrogen-bond donors (Lipinski definition) is 2. The normalized spacial score (nSPS) is 19.5. The van der Waals surface area contributed by atoms with Crippen LogP contribution in [0.15, 0.2) is 6.07 Å². The standard InChI is InChI=1S/C17H25N5O2/c1-10-16(11(2)21(4)20-10)13-9-14(19-18-13)17(24)22-8-6-5-7-15(22)12(3)23/h9,12,15,23H,5-8H2,1-4H3,(H,18,19). The minimum absolute atomic E-state index is 0.0986. The fourth-order valence-electron chi connectivity index (χ4n) is 3.57. The lowest BCUT2D eigenvalue weighted by Crippen LogP contribution is -2.49. The summed E-state index contributed by atoms with van der Waals surface area (Å²) in [6.45, 7) is 6.34. The summed E-state index contributed by atoms with van der Waals surface area (Å²) in [4.78, 5) is 14.6. The zero-order valence-corrected chi connectivity index (χ0v) is 14.7. The maximum atomic E-state index is 12.9. The molecule has 1 aliphatic heterocycles. The van der Waals surface area contributed by atoms with Gasteiger partial charge in [-0.2, -0.15) is 10.2 Å². The Kier molecular flexibility index (Phi) is 4.45. The average Bonchev–Trinajstić information content (AvgIpc) is 3.12. The molecule has 0 aromatic carbocycles. The molecule has 2 aromatic heterocycles. The summed E-state index contributed by atoms with van der Waals surface area (Å²) in [6, 6.07) is 1.66. The third kappa shape index (κ3) is 2.84. The van der Waals surface area contributed by atoms with Crippen molar-refractivity contribution in [3.63, 3.8) is 0 Å². The van der Waals surface area contributed by atoms with Gasteiger partial charge in [0.05, 0.1) is 23.5 Å². The van der Waals surface area contributed by atoms with Crippen LogP contribution in [-0.4, -0.2) is 54.6 Å². The van der Waals surface area contributed by atoms with Crippen molar-refractivity contribution >= 4 is 5.91 Å². The first-order valence-electron chi connectivity index (χ1n) is 8.45. The molecule has 2 N–H and O–H groups in total. The summed E-state index contributed by atoms with van der Waals surface area (Å²) in [7, 11) is 1.89. The number of aliphatic hydroxyl groups is 1. The molecule has 130 valence electrons. The summed E-state index contributed by atoms with van der Waals surface area (Å²) in [6.07, 6.45) is 2.32. The SMILES string of the molecule is Cc1nn(C)c(C)c1-c1cc(C(=O)N2CCCCC2C(C)O)[nH]n1. The van der Waals surface area contributed by atoms with Crippen molar-refractivity contribution in [1.82, 2.24) is 24.9 Å². The number of aliphatic hydroxyl groups excluding tert-OH is 1. The Morgan fingerprint density at radius 3 is 2.79 bits per heavy atom. The van der Waals surface area contributed by atoms with Crippen LogP contribution >= 0.6 is 0 Å². The summed E-state index contributed by atoms with van der Waals surface area (Å²) >= 11 is 0. The van der Waals surface area contributed by atoms with E-state index in [0.717, 1.165) is 41.9 Å². The summed E-state index contributed by atoms with van der Waals surface area (Å²) in [5.41, 5.74) is 4.05. The Bertz CT molecular complexity index is 746. The van der Waals surface area contributed by atoms with E-state index >= 15 is 0 Å². The number of carbonyl (C=O) groups excluding carboxylic acids is 1. The van der Waals surface area contributed by atoms with Gasteiger partial charge in [0, 0.05) is 24.8 Å². The van der Waals surface area contributed by atoms with Crippen LogP contribution in [0.1, 0.15) is 48.1 Å². The third-order valence-electron chi connectivity index (χ3n) is 4.94. The highest BCUT2D eigenvalue weighted by Gasteiger charge is 2.31. The third-order valence-corrected chi connectivity index (χ3v) is 4.94. The fourth-order valence-corrected chi connectivity index (χ4v) is 3.57. The van der Waals surface area contributed by atoms with Crippen molar-refractivity contribution in [3.8, 4) is 11.3 Å². The van der Waals surface area contributed by atoms with Crippen LogP contribution in [0.2, 0.25) is 0 Å². The van der Waals surface area contributed by atoms with E-state index in [4.69, 9.17) is 0 Å². The van der Waals surface area contributed by atoms with Gasteiger partial charge in [0.2, 0.25) is 0 Å². The Labute approximate surface area is 141 Å². The van der Waals surface area contributed by atoms with Gasteiger partial charge in [-0.25, -0.2) is 0 Å². The number of aromatic nitrogens is 4. The minimum atomic E-state index is -0.528. The maximum Gasteiger partial charge on any atom is 0.272 e. The molecular formula is C17H25N5O2. The summed E-state index contributed by atoms with van der Waals surface area (Å²) < 4.78 is 1.81. The number of likely N-dealkylation sites (tertiary alicyclic amines) is 1. The van der Waals surface area contributed by atoms with Gasteiger partial charge in [-0.15, -0.1) is 0 Å². The van der Waals surface area contributed by atoms with Crippen LogP contribution in [0.4, 0.5) is 0 Å². The molecule has 3 rings (SSSR count). The smallest absolute Gasteiger partial charge is 0.272 e. The van der Waals surface area contributed by atoms with E-state index in [-0.39, 0.29) is 11.9 Å². The monoisotopic (exact) mass is 331 g/mol. The minimum Gasteiger partial charge on any atom is -0.391 e. The average molecular weight is 331 g/mol. The van der Waals surface area contributed by atoms with E-state index in [1.54, 1.807) is 17.9 Å². The number of H-pyrrole nitrogens is 1. The lowest BCUT2D eigenvalue weighted by atomic mass is 9.97. The van der Waals surface area contributed by atoms with Crippen molar-refractivity contribution in [2.75, 3.05) is 6.54 Å². The number of carbonyl (C=O) groups is 1. The van der Waals surface area contributed by atoms with Crippen molar-refractivity contribution in [2.45, 2.75) is 52.2 Å². The first-order chi connectivity index (χ1) is 11.4. The molecular weight excluding hydrogens is 306 g/mol. The molecule has 0 radical (unpaired) electrons. The molecule has 24 heavy (non-hydrogen) atoms. The largest absolute Gasteiger partial charge is 0.391 e. The Hall–Kier alpha value is -2.15. The second-order valence-corrected chi connectivity index (χ2v) is 6.64. The summed E-state index contributed by atoms with van der Waals surface area (Å²) in [5.74, 6) is -0.0986. The molecule has 1 saturated heterocycles. The number of nitrogens with zero attached hydrogens (tertiary/aromatic N) is 4. The van der Waals surface area contributed by atoms with Crippen LogP contribution in [0, 0.1) is 13.8 Å². The molecule has 2 unspecified atom stereocenters. The quantitative estimate of drug-likeness (QED) is 0.898. The molecule has 0 aliphatic carbocycles. The van der Waals surface area contributed by atoms with E-state index in [1.165, 1.54) is 0 Å². The van der Waals surface area contributed by atoms with E-state index in [9.17, 15) is 9.90 Å². The van der Waals surface area contributed by atoms with Crippen LogP contribution in [-0.2, 0) is 7.05 Å². The first kappa shape index (κ1) is 16.7. The van der Waals surface area contributed by atoms with Crippen LogP contribution in [0.3, 0.4) is 0 Å².